The fourth-order valence-electron chi connectivity index (χ4n) is 8.17. The van der Waals surface area contributed by atoms with Gasteiger partial charge in [0.05, 0.1) is 5.60 Å². The van der Waals surface area contributed by atoms with Crippen molar-refractivity contribution in [3.8, 4) is 0 Å². The highest BCUT2D eigenvalue weighted by Gasteiger charge is 2.64. The third-order valence-corrected chi connectivity index (χ3v) is 9.89. The summed E-state index contributed by atoms with van der Waals surface area (Å²) in [6.07, 6.45) is 10.3. The van der Waals surface area contributed by atoms with Crippen LogP contribution >= 0.6 is 0 Å². The van der Waals surface area contributed by atoms with E-state index in [0.717, 1.165) is 56.9 Å². The van der Waals surface area contributed by atoms with E-state index in [0.29, 0.717) is 24.2 Å². The average Bonchev–Trinajstić information content (AvgIpc) is 2.86. The molecule has 0 aromatic rings. The molecule has 5 rings (SSSR count). The first kappa shape index (κ1) is 18.6. The monoisotopic (exact) mass is 384 g/mol. The van der Waals surface area contributed by atoms with Gasteiger partial charge in [0.25, 0.3) is 0 Å². The number of aliphatic carboxylic acids is 1. The first-order valence-electron chi connectivity index (χ1n) is 11.1. The Bertz CT molecular complexity index is 822. The normalized spacial score (nSPS) is 46.8. The van der Waals surface area contributed by atoms with Crippen molar-refractivity contribution >= 4 is 11.8 Å². The lowest BCUT2D eigenvalue weighted by Crippen LogP contribution is -2.55. The molecule has 3 saturated carbocycles. The number of hydrogen-bond acceptors (Lipinski definition) is 3. The molecule has 3 unspecified atom stereocenters. The fourth-order valence-corrected chi connectivity index (χ4v) is 8.17. The second-order valence-electron chi connectivity index (χ2n) is 10.5. The summed E-state index contributed by atoms with van der Waals surface area (Å²) in [6, 6.07) is 0. The predicted octanol–water partition coefficient (Wildman–Crippen LogP) is 4.42. The molecule has 4 heteroatoms. The molecule has 0 aromatic carbocycles. The molecule has 0 aromatic heterocycles. The molecule has 5 aliphatic rings. The molecule has 3 fully saturated rings. The molecule has 0 saturated heterocycles. The first-order valence-corrected chi connectivity index (χ1v) is 11.1. The van der Waals surface area contributed by atoms with Crippen LogP contribution in [0.5, 0.6) is 0 Å². The van der Waals surface area contributed by atoms with Gasteiger partial charge in [0.15, 0.2) is 5.78 Å². The van der Waals surface area contributed by atoms with Gasteiger partial charge in [0.2, 0.25) is 0 Å². The zero-order chi connectivity index (χ0) is 19.9. The van der Waals surface area contributed by atoms with E-state index in [1.165, 1.54) is 11.1 Å². The van der Waals surface area contributed by atoms with Crippen molar-refractivity contribution in [3.05, 3.63) is 22.8 Å². The average molecular weight is 385 g/mol. The Morgan fingerprint density at radius 2 is 1.86 bits per heavy atom. The third-order valence-electron chi connectivity index (χ3n) is 9.89. The molecule has 28 heavy (non-hydrogen) atoms. The van der Waals surface area contributed by atoms with E-state index in [4.69, 9.17) is 5.11 Å². The summed E-state index contributed by atoms with van der Waals surface area (Å²) in [5.41, 5.74) is 2.90. The third kappa shape index (κ3) is 2.16. The largest absolute Gasteiger partial charge is 0.481 e. The van der Waals surface area contributed by atoms with E-state index in [1.807, 2.05) is 6.08 Å². The van der Waals surface area contributed by atoms with Gasteiger partial charge in [0.1, 0.15) is 0 Å². The number of allylic oxidation sites excluding steroid dienone is 4. The highest BCUT2D eigenvalue weighted by atomic mass is 16.4. The van der Waals surface area contributed by atoms with E-state index in [1.54, 1.807) is 0 Å². The maximum atomic E-state index is 12.4. The van der Waals surface area contributed by atoms with Crippen LogP contribution in [0.3, 0.4) is 0 Å². The highest BCUT2D eigenvalue weighted by molar-refractivity contribution is 6.08. The minimum atomic E-state index is -0.846. The Morgan fingerprint density at radius 1 is 1.11 bits per heavy atom. The van der Waals surface area contributed by atoms with Crippen LogP contribution in [0.15, 0.2) is 22.8 Å². The Morgan fingerprint density at radius 3 is 2.54 bits per heavy atom. The number of carboxylic acids is 1. The van der Waals surface area contributed by atoms with E-state index >= 15 is 0 Å². The van der Waals surface area contributed by atoms with Gasteiger partial charge >= 0.3 is 5.97 Å². The van der Waals surface area contributed by atoms with Gasteiger partial charge in [-0.05, 0) is 92.6 Å². The molecule has 5 aliphatic carbocycles. The molecule has 2 N–H and O–H groups in total. The minimum Gasteiger partial charge on any atom is -0.481 e. The standard InChI is InChI=1S/C24H32O4/c1-22-10-7-19-15(17(22)8-11-24(22,28)12-9-21(26)27)4-3-14-13-20(25)16-5-6-18(16)23(14,19)2/h13,15,17,19,28H,3-12H2,1-2H3,(H,26,27)/t15?,17?,19?,22-,23+,24+/m0/s1. The van der Waals surface area contributed by atoms with Gasteiger partial charge in [-0.1, -0.05) is 25.0 Å². The zero-order valence-corrected chi connectivity index (χ0v) is 17.1. The number of aliphatic hydroxyl groups is 1. The lowest BCUT2D eigenvalue weighted by atomic mass is 9.44. The molecule has 0 aliphatic heterocycles. The van der Waals surface area contributed by atoms with Crippen LogP contribution in [-0.4, -0.2) is 27.6 Å². The van der Waals surface area contributed by atoms with Crippen molar-refractivity contribution in [1.29, 1.82) is 0 Å². The van der Waals surface area contributed by atoms with Crippen molar-refractivity contribution in [2.75, 3.05) is 0 Å². The summed E-state index contributed by atoms with van der Waals surface area (Å²) in [5, 5.41) is 20.6. The molecule has 0 radical (unpaired) electrons. The summed E-state index contributed by atoms with van der Waals surface area (Å²) in [5.74, 6) is 1.04. The number of fused-ring (bicyclic) bond motifs is 6. The van der Waals surface area contributed by atoms with E-state index in [-0.39, 0.29) is 23.0 Å². The molecule has 0 amide bonds. The molecular formula is C24H32O4. The second-order valence-corrected chi connectivity index (χ2v) is 10.5. The van der Waals surface area contributed by atoms with Gasteiger partial charge in [-0.2, -0.15) is 0 Å². The molecule has 6 atom stereocenters. The van der Waals surface area contributed by atoms with Crippen LogP contribution in [0.4, 0.5) is 0 Å². The SMILES string of the molecule is C[C@@]12C(=CC(=O)C3=C1CC3)CCC1C2CC[C@@]2(C)C1CC[C@@]2(O)CCC(=O)O. The number of ketones is 1. The van der Waals surface area contributed by atoms with Crippen LogP contribution in [0.2, 0.25) is 0 Å². The lowest BCUT2D eigenvalue weighted by Gasteiger charge is -2.61. The van der Waals surface area contributed by atoms with Gasteiger partial charge < -0.3 is 10.2 Å². The van der Waals surface area contributed by atoms with E-state index < -0.39 is 11.6 Å². The highest BCUT2D eigenvalue weighted by Crippen LogP contribution is 2.69. The number of carboxylic acid groups (broad SMARTS) is 1. The van der Waals surface area contributed by atoms with Crippen molar-refractivity contribution in [2.24, 2.45) is 28.6 Å². The summed E-state index contributed by atoms with van der Waals surface area (Å²) in [4.78, 5) is 23.6. The topological polar surface area (TPSA) is 74.6 Å². The molecule has 0 spiro atoms. The van der Waals surface area contributed by atoms with Crippen LogP contribution in [0, 0.1) is 28.6 Å². The van der Waals surface area contributed by atoms with E-state index in [2.05, 4.69) is 13.8 Å². The van der Waals surface area contributed by atoms with E-state index in [9.17, 15) is 14.7 Å². The summed E-state index contributed by atoms with van der Waals surface area (Å²) < 4.78 is 0. The maximum absolute atomic E-state index is 12.4. The number of carbonyl (C=O) groups is 2. The maximum Gasteiger partial charge on any atom is 0.303 e. The van der Waals surface area contributed by atoms with Gasteiger partial charge in [-0.3, -0.25) is 9.59 Å². The van der Waals surface area contributed by atoms with Gasteiger partial charge in [-0.15, -0.1) is 0 Å². The number of rotatable bonds is 3. The van der Waals surface area contributed by atoms with Gasteiger partial charge in [-0.25, -0.2) is 0 Å². The van der Waals surface area contributed by atoms with Crippen LogP contribution in [0.1, 0.15) is 78.1 Å². The Labute approximate surface area is 167 Å². The molecule has 0 bridgehead atoms. The van der Waals surface area contributed by atoms with Crippen molar-refractivity contribution in [2.45, 2.75) is 83.7 Å². The van der Waals surface area contributed by atoms with Crippen LogP contribution in [-0.2, 0) is 9.59 Å². The van der Waals surface area contributed by atoms with Crippen LogP contribution < -0.4 is 0 Å². The zero-order valence-electron chi connectivity index (χ0n) is 17.1. The predicted molar refractivity (Wildman–Crippen MR) is 106 cm³/mol. The van der Waals surface area contributed by atoms with Crippen molar-refractivity contribution < 1.29 is 19.8 Å². The Kier molecular flexibility index (Phi) is 3.86. The molecule has 152 valence electrons. The summed E-state index contributed by atoms with van der Waals surface area (Å²) >= 11 is 0. The smallest absolute Gasteiger partial charge is 0.303 e. The lowest BCUT2D eigenvalue weighted by molar-refractivity contribution is -0.146. The van der Waals surface area contributed by atoms with Crippen molar-refractivity contribution in [3.63, 3.8) is 0 Å². The van der Waals surface area contributed by atoms with Gasteiger partial charge in [0, 0.05) is 11.8 Å². The minimum absolute atomic E-state index is 0.0491. The summed E-state index contributed by atoms with van der Waals surface area (Å²) in [7, 11) is 0. The summed E-state index contributed by atoms with van der Waals surface area (Å²) in [6.45, 7) is 4.62. The molecule has 4 nitrogen and oxygen atoms in total. The second kappa shape index (κ2) is 5.81. The van der Waals surface area contributed by atoms with Crippen molar-refractivity contribution in [1.82, 2.24) is 0 Å². The quantitative estimate of drug-likeness (QED) is 0.755. The fraction of sp³-hybridized carbons (Fsp3) is 0.750. The van der Waals surface area contributed by atoms with Crippen LogP contribution in [0.25, 0.3) is 0 Å². The first-order chi connectivity index (χ1) is 13.2. The molecule has 0 heterocycles. The number of hydrogen-bond donors (Lipinski definition) is 2. The molecular weight excluding hydrogens is 352 g/mol. The Hall–Kier alpha value is -1.42. The Balaban J connectivity index is 1.48. The number of carbonyl (C=O) groups excluding carboxylic acids is 1.